The first-order valence-corrected chi connectivity index (χ1v) is 12.8. The maximum Gasteiger partial charge on any atom is 0.121 e. The van der Waals surface area contributed by atoms with Crippen molar-refractivity contribution in [2.24, 2.45) is 0 Å². The molecule has 2 aliphatic carbocycles. The minimum Gasteiger partial charge on any atom is -0.379 e. The fourth-order valence-corrected chi connectivity index (χ4v) is 6.35. The number of aryl methyl sites for hydroxylation is 1. The Morgan fingerprint density at radius 1 is 1.00 bits per heavy atom. The lowest BCUT2D eigenvalue weighted by Gasteiger charge is -2.45. The topological polar surface area (TPSA) is 57.3 Å². The van der Waals surface area contributed by atoms with Gasteiger partial charge in [-0.25, -0.2) is 4.98 Å². The molecular formula is C27H35N5O. The van der Waals surface area contributed by atoms with Gasteiger partial charge in [0.05, 0.1) is 42.5 Å². The summed E-state index contributed by atoms with van der Waals surface area (Å²) >= 11 is 0. The molecule has 174 valence electrons. The number of morpholine rings is 1. The maximum absolute atomic E-state index is 5.59. The van der Waals surface area contributed by atoms with E-state index in [-0.39, 0.29) is 0 Å². The molecular weight excluding hydrogens is 410 g/mol. The second-order valence-electron chi connectivity index (χ2n) is 9.94. The van der Waals surface area contributed by atoms with Gasteiger partial charge < -0.3 is 9.72 Å². The third-order valence-electron chi connectivity index (χ3n) is 8.03. The van der Waals surface area contributed by atoms with Gasteiger partial charge in [0.25, 0.3) is 0 Å². The number of nitrogens with zero attached hydrogens (tertiary/aromatic N) is 4. The van der Waals surface area contributed by atoms with Crippen LogP contribution in [0, 0.1) is 0 Å². The molecule has 0 bridgehead atoms. The number of fused-ring (bicyclic) bond motifs is 2. The Morgan fingerprint density at radius 3 is 2.70 bits per heavy atom. The van der Waals surface area contributed by atoms with E-state index >= 15 is 0 Å². The number of hydrogen-bond acceptors (Lipinski definition) is 5. The van der Waals surface area contributed by atoms with Crippen LogP contribution >= 0.6 is 0 Å². The highest BCUT2D eigenvalue weighted by Gasteiger charge is 2.36. The number of ether oxygens (including phenoxy) is 1. The minimum absolute atomic E-state index is 0.382. The SMILES string of the molecule is c1cnc2c(c1)CCCC2N(Cc1nc2ccccc2[nH]1)[C@H]1CC[C@H](N2CCOCC2)CC1. The van der Waals surface area contributed by atoms with Crippen LogP contribution in [0.1, 0.15) is 61.6 Å². The highest BCUT2D eigenvalue weighted by molar-refractivity contribution is 5.74. The van der Waals surface area contributed by atoms with Crippen molar-refractivity contribution in [2.75, 3.05) is 26.3 Å². The van der Waals surface area contributed by atoms with E-state index in [1.165, 1.54) is 49.8 Å². The van der Waals surface area contributed by atoms with Crippen molar-refractivity contribution < 1.29 is 4.74 Å². The fraction of sp³-hybridized carbons (Fsp3) is 0.556. The molecule has 0 radical (unpaired) electrons. The van der Waals surface area contributed by atoms with Gasteiger partial charge in [0.15, 0.2) is 0 Å². The van der Waals surface area contributed by atoms with Gasteiger partial charge in [0.2, 0.25) is 0 Å². The molecule has 1 atom stereocenters. The normalized spacial score (nSPS) is 26.5. The van der Waals surface area contributed by atoms with Crippen LogP contribution in [0.3, 0.4) is 0 Å². The summed E-state index contributed by atoms with van der Waals surface area (Å²) in [5.74, 6) is 1.08. The molecule has 33 heavy (non-hydrogen) atoms. The van der Waals surface area contributed by atoms with E-state index in [2.05, 4.69) is 51.2 Å². The van der Waals surface area contributed by atoms with Crippen LogP contribution in [0.25, 0.3) is 11.0 Å². The fourth-order valence-electron chi connectivity index (χ4n) is 6.35. The summed E-state index contributed by atoms with van der Waals surface area (Å²) in [6, 6.07) is 14.4. The van der Waals surface area contributed by atoms with Crippen molar-refractivity contribution >= 4 is 11.0 Å². The number of hydrogen-bond donors (Lipinski definition) is 1. The third-order valence-corrected chi connectivity index (χ3v) is 8.03. The summed E-state index contributed by atoms with van der Waals surface area (Å²) in [4.78, 5) is 18.9. The monoisotopic (exact) mass is 445 g/mol. The van der Waals surface area contributed by atoms with Crippen LogP contribution in [0.4, 0.5) is 0 Å². The first-order chi connectivity index (χ1) is 16.3. The van der Waals surface area contributed by atoms with E-state index < -0.39 is 0 Å². The summed E-state index contributed by atoms with van der Waals surface area (Å²) in [5.41, 5.74) is 4.93. The smallest absolute Gasteiger partial charge is 0.121 e. The number of nitrogens with one attached hydrogen (secondary N) is 1. The number of para-hydroxylation sites is 2. The van der Waals surface area contributed by atoms with Crippen LogP contribution in [0.5, 0.6) is 0 Å². The molecule has 0 amide bonds. The Balaban J connectivity index is 1.25. The number of imidazole rings is 1. The second kappa shape index (κ2) is 9.53. The molecule has 6 rings (SSSR count). The maximum atomic E-state index is 5.59. The molecule has 3 aromatic rings. The van der Waals surface area contributed by atoms with Crippen molar-refractivity contribution in [2.45, 2.75) is 69.6 Å². The van der Waals surface area contributed by atoms with E-state index in [1.807, 2.05) is 6.20 Å². The highest BCUT2D eigenvalue weighted by atomic mass is 16.5. The standard InChI is InChI=1S/C27H35N5O/c1-2-8-24-23(7-1)29-26(30-24)19-32(25-9-3-5-20-6-4-14-28-27(20)25)22-12-10-21(11-13-22)31-15-17-33-18-16-31/h1-2,4,6-8,14,21-22,25H,3,5,9-13,15-19H2,(H,29,30)/t21-,22-,25?. The summed E-state index contributed by atoms with van der Waals surface area (Å²) < 4.78 is 5.59. The predicted molar refractivity (Wildman–Crippen MR) is 130 cm³/mol. The number of aromatic amines is 1. The minimum atomic E-state index is 0.382. The Bertz CT molecular complexity index is 1030. The van der Waals surface area contributed by atoms with Crippen LogP contribution in [-0.2, 0) is 17.7 Å². The second-order valence-corrected chi connectivity index (χ2v) is 9.94. The van der Waals surface area contributed by atoms with E-state index in [9.17, 15) is 0 Å². The molecule has 6 nitrogen and oxygen atoms in total. The molecule has 3 aliphatic rings. The zero-order chi connectivity index (χ0) is 22.0. The van der Waals surface area contributed by atoms with Gasteiger partial charge in [-0.2, -0.15) is 0 Å². The van der Waals surface area contributed by atoms with Crippen molar-refractivity contribution in [1.29, 1.82) is 0 Å². The van der Waals surface area contributed by atoms with E-state index in [1.54, 1.807) is 0 Å². The zero-order valence-corrected chi connectivity index (χ0v) is 19.5. The van der Waals surface area contributed by atoms with E-state index in [4.69, 9.17) is 14.7 Å². The Hall–Kier alpha value is -2.28. The lowest BCUT2D eigenvalue weighted by atomic mass is 9.85. The van der Waals surface area contributed by atoms with Crippen molar-refractivity contribution in [3.05, 3.63) is 59.7 Å². The third kappa shape index (κ3) is 4.44. The van der Waals surface area contributed by atoms with Gasteiger partial charge in [-0.3, -0.25) is 14.8 Å². The Labute approximate surface area is 196 Å². The van der Waals surface area contributed by atoms with Gasteiger partial charge in [-0.15, -0.1) is 0 Å². The summed E-state index contributed by atoms with van der Waals surface area (Å²) in [5, 5.41) is 0. The predicted octanol–water partition coefficient (Wildman–Crippen LogP) is 4.48. The molecule has 1 aliphatic heterocycles. The Morgan fingerprint density at radius 2 is 1.85 bits per heavy atom. The van der Waals surface area contributed by atoms with Crippen molar-refractivity contribution in [3.8, 4) is 0 Å². The molecule has 1 unspecified atom stereocenters. The summed E-state index contributed by atoms with van der Waals surface area (Å²) in [7, 11) is 0. The summed E-state index contributed by atoms with van der Waals surface area (Å²) in [6.07, 6.45) is 10.6. The molecule has 1 saturated heterocycles. The quantitative estimate of drug-likeness (QED) is 0.628. The number of pyridine rings is 1. The largest absolute Gasteiger partial charge is 0.379 e. The van der Waals surface area contributed by atoms with Crippen LogP contribution in [0.15, 0.2) is 42.6 Å². The van der Waals surface area contributed by atoms with Crippen molar-refractivity contribution in [1.82, 2.24) is 24.8 Å². The first kappa shape index (κ1) is 21.3. The van der Waals surface area contributed by atoms with Gasteiger partial charge in [-0.1, -0.05) is 18.2 Å². The molecule has 6 heteroatoms. The van der Waals surface area contributed by atoms with E-state index in [0.29, 0.717) is 12.1 Å². The van der Waals surface area contributed by atoms with Gasteiger partial charge in [-0.05, 0) is 68.7 Å². The highest BCUT2D eigenvalue weighted by Crippen LogP contribution is 2.38. The average molecular weight is 446 g/mol. The van der Waals surface area contributed by atoms with Crippen LogP contribution < -0.4 is 0 Å². The first-order valence-electron chi connectivity index (χ1n) is 12.8. The van der Waals surface area contributed by atoms with Crippen LogP contribution in [0.2, 0.25) is 0 Å². The van der Waals surface area contributed by atoms with E-state index in [0.717, 1.165) is 62.2 Å². The van der Waals surface area contributed by atoms with Gasteiger partial charge >= 0.3 is 0 Å². The molecule has 2 fully saturated rings. The lowest BCUT2D eigenvalue weighted by molar-refractivity contribution is -0.00510. The number of H-pyrrole nitrogens is 1. The molecule has 1 aromatic carbocycles. The summed E-state index contributed by atoms with van der Waals surface area (Å²) in [6.45, 7) is 4.84. The lowest BCUT2D eigenvalue weighted by Crippen LogP contribution is -2.48. The number of benzene rings is 1. The van der Waals surface area contributed by atoms with Crippen LogP contribution in [-0.4, -0.2) is 63.1 Å². The van der Waals surface area contributed by atoms with Crippen molar-refractivity contribution in [3.63, 3.8) is 0 Å². The van der Waals surface area contributed by atoms with Gasteiger partial charge in [0, 0.05) is 31.4 Å². The molecule has 0 spiro atoms. The number of aromatic nitrogens is 3. The average Bonchev–Trinajstić information content (AvgIpc) is 3.30. The Kier molecular flexibility index (Phi) is 6.14. The van der Waals surface area contributed by atoms with Gasteiger partial charge in [0.1, 0.15) is 5.82 Å². The molecule has 2 aromatic heterocycles. The zero-order valence-electron chi connectivity index (χ0n) is 19.5. The molecule has 3 heterocycles. The molecule has 1 saturated carbocycles. The number of rotatable bonds is 5. The molecule has 1 N–H and O–H groups in total.